The summed E-state index contributed by atoms with van der Waals surface area (Å²) < 4.78 is 0. The van der Waals surface area contributed by atoms with Crippen LogP contribution in [0.1, 0.15) is 12.5 Å². The second kappa shape index (κ2) is 4.81. The van der Waals surface area contributed by atoms with E-state index < -0.39 is 6.10 Å². The largest absolute Gasteiger partial charge is 0.384 e. The van der Waals surface area contributed by atoms with Crippen LogP contribution in [0.15, 0.2) is 18.5 Å². The van der Waals surface area contributed by atoms with Gasteiger partial charge in [0.25, 0.3) is 5.91 Å². The number of hydrogen-bond donors (Lipinski definition) is 2. The molecule has 1 unspecified atom stereocenters. The van der Waals surface area contributed by atoms with Crippen molar-refractivity contribution in [1.82, 2.24) is 9.88 Å². The number of aliphatic hydroxyl groups is 1. The number of rotatable bonds is 4. The van der Waals surface area contributed by atoms with Crippen molar-refractivity contribution < 1.29 is 9.90 Å². The summed E-state index contributed by atoms with van der Waals surface area (Å²) in [5.74, 6) is -0.236. The highest BCUT2D eigenvalue weighted by Gasteiger charge is 2.13. The molecule has 0 bridgehead atoms. The minimum absolute atomic E-state index is 0.236. The molecule has 0 saturated carbocycles. The summed E-state index contributed by atoms with van der Waals surface area (Å²) in [7, 11) is 1.70. The van der Waals surface area contributed by atoms with Crippen molar-refractivity contribution >= 4 is 5.91 Å². The second-order valence-corrected chi connectivity index (χ2v) is 3.41. The predicted octanol–water partition coefficient (Wildman–Crippen LogP) is 0.396. The van der Waals surface area contributed by atoms with Gasteiger partial charge in [-0.1, -0.05) is 0 Å². The fourth-order valence-corrected chi connectivity index (χ4v) is 1.24. The average Bonchev–Trinajstić information content (AvgIpc) is 2.65. The molecule has 0 aliphatic carbocycles. The quantitative estimate of drug-likeness (QED) is 0.732. The molecule has 0 aliphatic heterocycles. The molecule has 0 radical (unpaired) electrons. The molecule has 4 heteroatoms. The first-order valence-corrected chi connectivity index (χ1v) is 4.66. The number of carbonyl (C=O) groups is 1. The fraction of sp³-hybridized carbons (Fsp3) is 0.500. The van der Waals surface area contributed by atoms with E-state index in [1.165, 1.54) is 11.8 Å². The lowest BCUT2D eigenvalue weighted by atomic mass is 10.2. The first kappa shape index (κ1) is 10.8. The summed E-state index contributed by atoms with van der Waals surface area (Å²) in [6.07, 6.45) is 3.65. The molecule has 0 aromatic carbocycles. The third-order valence-corrected chi connectivity index (χ3v) is 2.13. The SMILES string of the molecule is CC(O)C(=O)N(C)CCc1cc[nH]c1. The number of H-pyrrole nitrogens is 1. The number of hydrogen-bond acceptors (Lipinski definition) is 2. The van der Waals surface area contributed by atoms with Gasteiger partial charge in [0.2, 0.25) is 0 Å². The lowest BCUT2D eigenvalue weighted by Gasteiger charge is -2.18. The average molecular weight is 196 g/mol. The minimum atomic E-state index is -0.911. The van der Waals surface area contributed by atoms with Crippen molar-refractivity contribution in [3.05, 3.63) is 24.0 Å². The zero-order valence-electron chi connectivity index (χ0n) is 8.53. The third-order valence-electron chi connectivity index (χ3n) is 2.13. The van der Waals surface area contributed by atoms with Gasteiger partial charge in [-0.25, -0.2) is 0 Å². The Morgan fingerprint density at radius 1 is 1.71 bits per heavy atom. The van der Waals surface area contributed by atoms with Gasteiger partial charge < -0.3 is 15.0 Å². The van der Waals surface area contributed by atoms with E-state index in [0.717, 1.165) is 12.0 Å². The van der Waals surface area contributed by atoms with Gasteiger partial charge in [0.05, 0.1) is 0 Å². The van der Waals surface area contributed by atoms with E-state index in [-0.39, 0.29) is 5.91 Å². The summed E-state index contributed by atoms with van der Waals surface area (Å²) >= 11 is 0. The van der Waals surface area contributed by atoms with Gasteiger partial charge >= 0.3 is 0 Å². The van der Waals surface area contributed by atoms with E-state index in [2.05, 4.69) is 4.98 Å². The van der Waals surface area contributed by atoms with Crippen molar-refractivity contribution in [2.75, 3.05) is 13.6 Å². The summed E-state index contributed by atoms with van der Waals surface area (Å²) in [5, 5.41) is 9.05. The molecule has 1 atom stereocenters. The van der Waals surface area contributed by atoms with Gasteiger partial charge in [0.15, 0.2) is 0 Å². The number of likely N-dealkylation sites (N-methyl/N-ethyl adjacent to an activating group) is 1. The Labute approximate surface area is 83.5 Å². The van der Waals surface area contributed by atoms with E-state index in [9.17, 15) is 4.79 Å². The second-order valence-electron chi connectivity index (χ2n) is 3.41. The molecule has 0 saturated heterocycles. The van der Waals surface area contributed by atoms with E-state index in [0.29, 0.717) is 6.54 Å². The smallest absolute Gasteiger partial charge is 0.250 e. The topological polar surface area (TPSA) is 56.3 Å². The Hall–Kier alpha value is -1.29. The van der Waals surface area contributed by atoms with Crippen LogP contribution in [-0.2, 0) is 11.2 Å². The van der Waals surface area contributed by atoms with Crippen LogP contribution in [0.5, 0.6) is 0 Å². The molecular weight excluding hydrogens is 180 g/mol. The fourth-order valence-electron chi connectivity index (χ4n) is 1.24. The lowest BCUT2D eigenvalue weighted by molar-refractivity contribution is -0.137. The zero-order valence-corrected chi connectivity index (χ0v) is 8.53. The molecule has 1 amide bonds. The van der Waals surface area contributed by atoms with Crippen molar-refractivity contribution in [1.29, 1.82) is 0 Å². The molecule has 0 spiro atoms. The number of carbonyl (C=O) groups excluding carboxylic acids is 1. The molecule has 0 fully saturated rings. The van der Waals surface area contributed by atoms with E-state index >= 15 is 0 Å². The van der Waals surface area contributed by atoms with Crippen molar-refractivity contribution in [2.45, 2.75) is 19.4 Å². The van der Waals surface area contributed by atoms with Crippen LogP contribution in [0, 0.1) is 0 Å². The molecule has 78 valence electrons. The van der Waals surface area contributed by atoms with Crippen LogP contribution >= 0.6 is 0 Å². The molecule has 1 aromatic heterocycles. The van der Waals surface area contributed by atoms with Gasteiger partial charge in [-0.05, 0) is 25.0 Å². The number of aliphatic hydroxyl groups excluding tert-OH is 1. The monoisotopic (exact) mass is 196 g/mol. The number of amides is 1. The van der Waals surface area contributed by atoms with Crippen LogP contribution < -0.4 is 0 Å². The molecule has 4 nitrogen and oxygen atoms in total. The Bertz CT molecular complexity index is 280. The van der Waals surface area contributed by atoms with Crippen LogP contribution in [-0.4, -0.2) is 40.6 Å². The van der Waals surface area contributed by atoms with Crippen LogP contribution in [0.3, 0.4) is 0 Å². The maximum Gasteiger partial charge on any atom is 0.250 e. The Morgan fingerprint density at radius 2 is 2.43 bits per heavy atom. The minimum Gasteiger partial charge on any atom is -0.384 e. The van der Waals surface area contributed by atoms with Crippen molar-refractivity contribution in [2.24, 2.45) is 0 Å². The first-order valence-electron chi connectivity index (χ1n) is 4.66. The first-order chi connectivity index (χ1) is 6.61. The number of aromatic amines is 1. The normalized spacial score (nSPS) is 12.5. The summed E-state index contributed by atoms with van der Waals surface area (Å²) in [4.78, 5) is 15.8. The van der Waals surface area contributed by atoms with E-state index in [1.807, 2.05) is 18.5 Å². The van der Waals surface area contributed by atoms with Gasteiger partial charge in [-0.15, -0.1) is 0 Å². The van der Waals surface area contributed by atoms with E-state index in [1.54, 1.807) is 7.05 Å². The van der Waals surface area contributed by atoms with Gasteiger partial charge in [-0.3, -0.25) is 4.79 Å². The third kappa shape index (κ3) is 2.88. The number of aromatic nitrogens is 1. The molecular formula is C10H16N2O2. The Kier molecular flexibility index (Phi) is 3.71. The van der Waals surface area contributed by atoms with Crippen molar-refractivity contribution in [3.8, 4) is 0 Å². The van der Waals surface area contributed by atoms with Crippen LogP contribution in [0.4, 0.5) is 0 Å². The van der Waals surface area contributed by atoms with Gasteiger partial charge in [0, 0.05) is 26.0 Å². The molecule has 0 aliphatic rings. The standard InChI is InChI=1S/C10H16N2O2/c1-8(13)10(14)12(2)6-4-9-3-5-11-7-9/h3,5,7-8,11,13H,4,6H2,1-2H3. The van der Waals surface area contributed by atoms with Crippen LogP contribution in [0.2, 0.25) is 0 Å². The zero-order chi connectivity index (χ0) is 10.6. The highest BCUT2D eigenvalue weighted by molar-refractivity contribution is 5.79. The summed E-state index contributed by atoms with van der Waals surface area (Å²) in [6, 6.07) is 1.97. The predicted molar refractivity (Wildman–Crippen MR) is 53.8 cm³/mol. The highest BCUT2D eigenvalue weighted by atomic mass is 16.3. The number of nitrogens with zero attached hydrogens (tertiary/aromatic N) is 1. The molecule has 1 rings (SSSR count). The Morgan fingerprint density at radius 3 is 2.93 bits per heavy atom. The van der Waals surface area contributed by atoms with Gasteiger partial charge in [-0.2, -0.15) is 0 Å². The van der Waals surface area contributed by atoms with E-state index in [4.69, 9.17) is 5.11 Å². The molecule has 1 heterocycles. The van der Waals surface area contributed by atoms with Gasteiger partial charge in [0.1, 0.15) is 6.10 Å². The maximum atomic E-state index is 11.3. The Balaban J connectivity index is 2.35. The highest BCUT2D eigenvalue weighted by Crippen LogP contribution is 2.00. The summed E-state index contributed by atoms with van der Waals surface area (Å²) in [5.41, 5.74) is 1.16. The van der Waals surface area contributed by atoms with Crippen LogP contribution in [0.25, 0.3) is 0 Å². The molecule has 2 N–H and O–H groups in total. The maximum absolute atomic E-state index is 11.3. The number of nitrogens with one attached hydrogen (secondary N) is 1. The lowest BCUT2D eigenvalue weighted by Crippen LogP contribution is -2.35. The van der Waals surface area contributed by atoms with Crippen molar-refractivity contribution in [3.63, 3.8) is 0 Å². The summed E-state index contributed by atoms with van der Waals surface area (Å²) in [6.45, 7) is 2.11. The molecule has 14 heavy (non-hydrogen) atoms. The molecule has 1 aromatic rings.